The van der Waals surface area contributed by atoms with Crippen LogP contribution in [0.25, 0.3) is 0 Å². The second kappa shape index (κ2) is 7.67. The lowest BCUT2D eigenvalue weighted by atomic mass is 10.0. The van der Waals surface area contributed by atoms with Crippen LogP contribution in [0, 0.1) is 0 Å². The maximum absolute atomic E-state index is 6.15. The Kier molecular flexibility index (Phi) is 5.60. The van der Waals surface area contributed by atoms with Gasteiger partial charge >= 0.3 is 0 Å². The summed E-state index contributed by atoms with van der Waals surface area (Å²) in [5.74, 6) is 1.12. The third kappa shape index (κ3) is 3.89. The monoisotopic (exact) mass is 316 g/mol. The number of hydrogen-bond donors (Lipinski definition) is 0. The van der Waals surface area contributed by atoms with E-state index in [2.05, 4.69) is 48.9 Å². The van der Waals surface area contributed by atoms with Gasteiger partial charge < -0.3 is 9.64 Å². The normalized spacial score (nSPS) is 21.9. The van der Waals surface area contributed by atoms with E-state index < -0.39 is 0 Å². The van der Waals surface area contributed by atoms with Gasteiger partial charge in [0, 0.05) is 18.6 Å². The summed E-state index contributed by atoms with van der Waals surface area (Å²) in [6.45, 7) is 8.76. The minimum atomic E-state index is 0.573. The number of benzene rings is 1. The molecule has 1 aromatic rings. The van der Waals surface area contributed by atoms with Gasteiger partial charge in [0.05, 0.1) is 0 Å². The maximum Gasteiger partial charge on any atom is 0.122 e. The molecule has 2 aliphatic rings. The van der Waals surface area contributed by atoms with Crippen LogP contribution in [0.1, 0.15) is 56.7 Å². The molecule has 128 valence electrons. The zero-order chi connectivity index (χ0) is 16.2. The van der Waals surface area contributed by atoms with Crippen molar-refractivity contribution in [2.24, 2.45) is 0 Å². The summed E-state index contributed by atoms with van der Waals surface area (Å²) in [6.07, 6.45) is 6.57. The van der Waals surface area contributed by atoms with Crippen molar-refractivity contribution >= 4 is 0 Å². The highest BCUT2D eigenvalue weighted by Gasteiger charge is 2.30. The van der Waals surface area contributed by atoms with E-state index in [9.17, 15) is 0 Å². The van der Waals surface area contributed by atoms with Crippen molar-refractivity contribution in [2.75, 3.05) is 33.3 Å². The molecule has 1 atom stereocenters. The summed E-state index contributed by atoms with van der Waals surface area (Å²) in [5.41, 5.74) is 3.00. The lowest BCUT2D eigenvalue weighted by molar-refractivity contribution is 0.163. The van der Waals surface area contributed by atoms with E-state index in [0.717, 1.165) is 18.9 Å². The Morgan fingerprint density at radius 3 is 2.74 bits per heavy atom. The quantitative estimate of drug-likeness (QED) is 0.792. The molecule has 0 aromatic heterocycles. The molecule has 3 nitrogen and oxygen atoms in total. The Labute approximate surface area is 141 Å². The van der Waals surface area contributed by atoms with Gasteiger partial charge in [-0.15, -0.1) is 0 Å². The minimum absolute atomic E-state index is 0.573. The summed E-state index contributed by atoms with van der Waals surface area (Å²) >= 11 is 0. The van der Waals surface area contributed by atoms with Gasteiger partial charge in [-0.05, 0) is 76.9 Å². The van der Waals surface area contributed by atoms with Crippen molar-refractivity contribution in [2.45, 2.75) is 58.0 Å². The van der Waals surface area contributed by atoms with Crippen LogP contribution in [-0.2, 0) is 6.42 Å². The van der Waals surface area contributed by atoms with Gasteiger partial charge in [0.25, 0.3) is 0 Å². The van der Waals surface area contributed by atoms with Gasteiger partial charge in [0.2, 0.25) is 0 Å². The molecule has 3 rings (SSSR count). The molecule has 0 N–H and O–H groups in total. The lowest BCUT2D eigenvalue weighted by Crippen LogP contribution is -2.32. The van der Waals surface area contributed by atoms with Gasteiger partial charge in [0.15, 0.2) is 0 Å². The van der Waals surface area contributed by atoms with Gasteiger partial charge in [-0.1, -0.05) is 18.6 Å². The fourth-order valence-electron chi connectivity index (χ4n) is 3.90. The molecule has 0 radical (unpaired) electrons. The van der Waals surface area contributed by atoms with Crippen molar-refractivity contribution in [3.8, 4) is 5.75 Å². The summed E-state index contributed by atoms with van der Waals surface area (Å²) < 4.78 is 6.15. The zero-order valence-electron chi connectivity index (χ0n) is 15.1. The van der Waals surface area contributed by atoms with Gasteiger partial charge in [-0.25, -0.2) is 0 Å². The second-order valence-corrected chi connectivity index (χ2v) is 7.40. The molecule has 3 heteroatoms. The van der Waals surface area contributed by atoms with E-state index in [1.165, 1.54) is 56.3 Å². The second-order valence-electron chi connectivity index (χ2n) is 7.40. The van der Waals surface area contributed by atoms with Crippen LogP contribution in [-0.4, -0.2) is 49.1 Å². The third-order valence-electron chi connectivity index (χ3n) is 5.61. The molecule has 1 saturated heterocycles. The Morgan fingerprint density at radius 2 is 2.00 bits per heavy atom. The highest BCUT2D eigenvalue weighted by atomic mass is 16.5. The number of nitrogens with zero attached hydrogens (tertiary/aromatic N) is 2. The molecule has 0 amide bonds. The van der Waals surface area contributed by atoms with E-state index in [1.807, 2.05) is 0 Å². The van der Waals surface area contributed by atoms with E-state index in [0.29, 0.717) is 12.1 Å². The maximum atomic E-state index is 6.15. The van der Waals surface area contributed by atoms with Crippen LogP contribution in [0.4, 0.5) is 0 Å². The number of ether oxygens (including phenoxy) is 1. The molecule has 1 aliphatic heterocycles. The van der Waals surface area contributed by atoms with Crippen molar-refractivity contribution in [3.63, 3.8) is 0 Å². The van der Waals surface area contributed by atoms with E-state index in [-0.39, 0.29) is 0 Å². The van der Waals surface area contributed by atoms with Crippen molar-refractivity contribution in [3.05, 3.63) is 29.3 Å². The van der Waals surface area contributed by atoms with Crippen LogP contribution < -0.4 is 4.74 Å². The molecule has 1 fully saturated rings. The average Bonchev–Trinajstić information content (AvgIpc) is 3.00. The highest BCUT2D eigenvalue weighted by molar-refractivity contribution is 5.45. The molecule has 1 aromatic carbocycles. The van der Waals surface area contributed by atoms with Gasteiger partial charge in [-0.2, -0.15) is 0 Å². The standard InChI is InChI=1S/C20H32N2O/c1-16(2)21(3)14-15-23-20-9-7-8-17-18(20)10-11-19(17)22-12-5-4-6-13-22/h7-9,16,19H,4-6,10-15H2,1-3H3. The van der Waals surface area contributed by atoms with Gasteiger partial charge in [0.1, 0.15) is 12.4 Å². The zero-order valence-corrected chi connectivity index (χ0v) is 15.1. The summed E-state index contributed by atoms with van der Waals surface area (Å²) in [6, 6.07) is 7.88. The molecule has 0 saturated carbocycles. The molecule has 0 bridgehead atoms. The summed E-state index contributed by atoms with van der Waals surface area (Å²) in [7, 11) is 2.16. The minimum Gasteiger partial charge on any atom is -0.492 e. The number of rotatable bonds is 6. The molecular formula is C20H32N2O. The van der Waals surface area contributed by atoms with Crippen molar-refractivity contribution in [1.82, 2.24) is 9.80 Å². The molecule has 1 aliphatic carbocycles. The molecule has 23 heavy (non-hydrogen) atoms. The summed E-state index contributed by atoms with van der Waals surface area (Å²) in [4.78, 5) is 5.03. The lowest BCUT2D eigenvalue weighted by Gasteiger charge is -2.32. The number of fused-ring (bicyclic) bond motifs is 1. The predicted molar refractivity (Wildman–Crippen MR) is 96.2 cm³/mol. The number of hydrogen-bond acceptors (Lipinski definition) is 3. The number of likely N-dealkylation sites (N-methyl/N-ethyl adjacent to an activating group) is 1. The smallest absolute Gasteiger partial charge is 0.122 e. The third-order valence-corrected chi connectivity index (χ3v) is 5.61. The Balaban J connectivity index is 1.64. The first-order valence-corrected chi connectivity index (χ1v) is 9.35. The topological polar surface area (TPSA) is 15.7 Å². The largest absolute Gasteiger partial charge is 0.492 e. The van der Waals surface area contributed by atoms with Crippen LogP contribution >= 0.6 is 0 Å². The number of piperidine rings is 1. The molecule has 0 spiro atoms. The van der Waals surface area contributed by atoms with Crippen LogP contribution in [0.15, 0.2) is 18.2 Å². The van der Waals surface area contributed by atoms with Crippen LogP contribution in [0.5, 0.6) is 5.75 Å². The molecular weight excluding hydrogens is 284 g/mol. The first-order valence-electron chi connectivity index (χ1n) is 9.35. The molecule has 1 heterocycles. The van der Waals surface area contributed by atoms with E-state index in [4.69, 9.17) is 4.74 Å². The Bertz CT molecular complexity index is 508. The number of likely N-dealkylation sites (tertiary alicyclic amines) is 1. The van der Waals surface area contributed by atoms with Crippen molar-refractivity contribution < 1.29 is 4.74 Å². The molecule has 1 unspecified atom stereocenters. The van der Waals surface area contributed by atoms with Crippen LogP contribution in [0.2, 0.25) is 0 Å². The average molecular weight is 316 g/mol. The predicted octanol–water partition coefficient (Wildman–Crippen LogP) is 3.88. The van der Waals surface area contributed by atoms with E-state index >= 15 is 0 Å². The fourth-order valence-corrected chi connectivity index (χ4v) is 3.90. The first kappa shape index (κ1) is 16.8. The van der Waals surface area contributed by atoms with E-state index in [1.54, 1.807) is 0 Å². The summed E-state index contributed by atoms with van der Waals surface area (Å²) in [5, 5.41) is 0. The Morgan fingerprint density at radius 1 is 1.22 bits per heavy atom. The first-order chi connectivity index (χ1) is 11.2. The Hall–Kier alpha value is -1.06. The van der Waals surface area contributed by atoms with Crippen LogP contribution in [0.3, 0.4) is 0 Å². The highest BCUT2D eigenvalue weighted by Crippen LogP contribution is 2.41. The SMILES string of the molecule is CC(C)N(C)CCOc1cccc2c1CCC2N1CCCCC1. The van der Waals surface area contributed by atoms with Gasteiger partial charge in [-0.3, -0.25) is 4.90 Å². The fraction of sp³-hybridized carbons (Fsp3) is 0.700. The van der Waals surface area contributed by atoms with Crippen molar-refractivity contribution in [1.29, 1.82) is 0 Å².